The van der Waals surface area contributed by atoms with Crippen molar-refractivity contribution in [2.75, 3.05) is 18.4 Å². The number of rotatable bonds is 3. The first kappa shape index (κ1) is 14.8. The van der Waals surface area contributed by atoms with Crippen molar-refractivity contribution in [3.05, 3.63) is 23.8 Å². The Labute approximate surface area is 113 Å². The van der Waals surface area contributed by atoms with E-state index in [0.717, 1.165) is 25.1 Å². The molecular formula is C13H19ClN2O2. The molecule has 1 atom stereocenters. The highest BCUT2D eigenvalue weighted by Crippen LogP contribution is 2.24. The Bertz CT molecular complexity index is 417. The van der Waals surface area contributed by atoms with Crippen molar-refractivity contribution in [2.24, 2.45) is 5.92 Å². The Balaban J connectivity index is 0.00000162. The van der Waals surface area contributed by atoms with Crippen molar-refractivity contribution in [3.8, 4) is 5.75 Å². The van der Waals surface area contributed by atoms with Gasteiger partial charge in [0.1, 0.15) is 5.75 Å². The number of hydrogen-bond donors (Lipinski definition) is 3. The molecule has 1 amide bonds. The third-order valence-electron chi connectivity index (χ3n) is 3.06. The van der Waals surface area contributed by atoms with E-state index in [1.807, 2.05) is 13.0 Å². The number of phenolic OH excluding ortho intramolecular Hbond substituents is 1. The van der Waals surface area contributed by atoms with Gasteiger partial charge in [-0.05, 0) is 50.0 Å². The van der Waals surface area contributed by atoms with Crippen molar-refractivity contribution in [3.63, 3.8) is 0 Å². The normalized spacial score (nSPS) is 18.2. The summed E-state index contributed by atoms with van der Waals surface area (Å²) in [5.74, 6) is 0.509. The summed E-state index contributed by atoms with van der Waals surface area (Å²) in [6, 6.07) is 5.19. The van der Waals surface area contributed by atoms with Crippen molar-refractivity contribution >= 4 is 24.0 Å². The summed E-state index contributed by atoms with van der Waals surface area (Å²) < 4.78 is 0. The molecule has 1 heterocycles. The molecule has 0 bridgehead atoms. The van der Waals surface area contributed by atoms with Gasteiger partial charge in [0, 0.05) is 6.42 Å². The van der Waals surface area contributed by atoms with Gasteiger partial charge in [-0.15, -0.1) is 12.4 Å². The molecule has 18 heavy (non-hydrogen) atoms. The lowest BCUT2D eigenvalue weighted by Crippen LogP contribution is -2.18. The predicted molar refractivity (Wildman–Crippen MR) is 74.3 cm³/mol. The second-order valence-corrected chi connectivity index (χ2v) is 4.63. The van der Waals surface area contributed by atoms with Gasteiger partial charge in [-0.25, -0.2) is 0 Å². The van der Waals surface area contributed by atoms with Crippen molar-refractivity contribution in [1.29, 1.82) is 0 Å². The van der Waals surface area contributed by atoms with E-state index in [4.69, 9.17) is 0 Å². The van der Waals surface area contributed by atoms with Crippen molar-refractivity contribution < 1.29 is 9.90 Å². The number of halogens is 1. The molecule has 4 nitrogen and oxygen atoms in total. The lowest BCUT2D eigenvalue weighted by molar-refractivity contribution is -0.117. The van der Waals surface area contributed by atoms with Gasteiger partial charge in [-0.1, -0.05) is 6.07 Å². The number of hydrogen-bond acceptors (Lipinski definition) is 3. The fourth-order valence-corrected chi connectivity index (χ4v) is 2.10. The largest absolute Gasteiger partial charge is 0.506 e. The van der Waals surface area contributed by atoms with E-state index in [1.165, 1.54) is 0 Å². The maximum Gasteiger partial charge on any atom is 0.224 e. The molecule has 0 radical (unpaired) electrons. The van der Waals surface area contributed by atoms with Gasteiger partial charge < -0.3 is 15.7 Å². The van der Waals surface area contributed by atoms with E-state index in [1.54, 1.807) is 12.1 Å². The molecular weight excluding hydrogens is 252 g/mol. The lowest BCUT2D eigenvalue weighted by atomic mass is 10.0. The van der Waals surface area contributed by atoms with E-state index < -0.39 is 0 Å². The average molecular weight is 271 g/mol. The number of carbonyl (C=O) groups is 1. The van der Waals surface area contributed by atoms with Crippen LogP contribution in [0.25, 0.3) is 0 Å². The monoisotopic (exact) mass is 270 g/mol. The minimum absolute atomic E-state index is 0. The molecule has 1 aromatic rings. The Hall–Kier alpha value is -1.26. The smallest absolute Gasteiger partial charge is 0.224 e. The topological polar surface area (TPSA) is 61.4 Å². The number of aryl methyl sites for hydroxylation is 1. The summed E-state index contributed by atoms with van der Waals surface area (Å²) in [7, 11) is 0. The lowest BCUT2D eigenvalue weighted by Gasteiger charge is -2.10. The summed E-state index contributed by atoms with van der Waals surface area (Å²) >= 11 is 0. The van der Waals surface area contributed by atoms with Crippen LogP contribution in [-0.2, 0) is 4.79 Å². The van der Waals surface area contributed by atoms with Crippen LogP contribution in [0.2, 0.25) is 0 Å². The third kappa shape index (κ3) is 3.89. The summed E-state index contributed by atoms with van der Waals surface area (Å²) in [4.78, 5) is 11.8. The number of benzene rings is 1. The van der Waals surface area contributed by atoms with Crippen LogP contribution in [0.4, 0.5) is 5.69 Å². The number of amides is 1. The molecule has 0 aromatic heterocycles. The Morgan fingerprint density at radius 3 is 3.00 bits per heavy atom. The van der Waals surface area contributed by atoms with Crippen LogP contribution in [0.15, 0.2) is 18.2 Å². The van der Waals surface area contributed by atoms with Crippen LogP contribution in [0.1, 0.15) is 18.4 Å². The van der Waals surface area contributed by atoms with Crippen molar-refractivity contribution in [2.45, 2.75) is 19.8 Å². The second-order valence-electron chi connectivity index (χ2n) is 4.63. The first-order valence-electron chi connectivity index (χ1n) is 5.95. The first-order valence-corrected chi connectivity index (χ1v) is 5.95. The van der Waals surface area contributed by atoms with Crippen LogP contribution in [0, 0.1) is 12.8 Å². The van der Waals surface area contributed by atoms with E-state index >= 15 is 0 Å². The quantitative estimate of drug-likeness (QED) is 0.737. The van der Waals surface area contributed by atoms with Crippen LogP contribution < -0.4 is 10.6 Å². The molecule has 1 unspecified atom stereocenters. The molecule has 1 fully saturated rings. The van der Waals surface area contributed by atoms with E-state index in [2.05, 4.69) is 10.6 Å². The maximum absolute atomic E-state index is 11.8. The van der Waals surface area contributed by atoms with E-state index in [0.29, 0.717) is 18.0 Å². The summed E-state index contributed by atoms with van der Waals surface area (Å²) in [5.41, 5.74) is 1.52. The van der Waals surface area contributed by atoms with Gasteiger partial charge >= 0.3 is 0 Å². The number of phenols is 1. The molecule has 100 valence electrons. The zero-order valence-electron chi connectivity index (χ0n) is 10.4. The van der Waals surface area contributed by atoms with Crippen LogP contribution >= 0.6 is 12.4 Å². The highest BCUT2D eigenvalue weighted by molar-refractivity contribution is 5.92. The number of nitrogens with one attached hydrogen (secondary N) is 2. The number of aromatic hydroxyl groups is 1. The summed E-state index contributed by atoms with van der Waals surface area (Å²) in [6.07, 6.45) is 1.56. The van der Waals surface area contributed by atoms with Crippen LogP contribution in [0.3, 0.4) is 0 Å². The zero-order valence-corrected chi connectivity index (χ0v) is 11.2. The minimum Gasteiger partial charge on any atom is -0.506 e. The zero-order chi connectivity index (χ0) is 12.3. The molecule has 2 rings (SSSR count). The molecule has 3 N–H and O–H groups in total. The standard InChI is InChI=1S/C13H18N2O2.ClH/c1-9-2-3-12(16)11(6-9)15-13(17)7-10-4-5-14-8-10;/h2-3,6,10,14,16H,4-5,7-8H2,1H3,(H,15,17);1H. The molecule has 1 aliphatic heterocycles. The fourth-order valence-electron chi connectivity index (χ4n) is 2.10. The molecule has 0 aliphatic carbocycles. The fraction of sp³-hybridized carbons (Fsp3) is 0.462. The third-order valence-corrected chi connectivity index (χ3v) is 3.06. The van der Waals surface area contributed by atoms with Crippen molar-refractivity contribution in [1.82, 2.24) is 5.32 Å². The average Bonchev–Trinajstić information content (AvgIpc) is 2.76. The minimum atomic E-state index is -0.0281. The molecule has 5 heteroatoms. The van der Waals surface area contributed by atoms with Gasteiger partial charge in [-0.3, -0.25) is 4.79 Å². The van der Waals surface area contributed by atoms with Gasteiger partial charge in [0.15, 0.2) is 0 Å². The molecule has 1 saturated heterocycles. The first-order chi connectivity index (χ1) is 8.15. The Kier molecular flexibility index (Phi) is 5.44. The molecule has 1 aromatic carbocycles. The molecule has 1 aliphatic rings. The van der Waals surface area contributed by atoms with E-state index in [-0.39, 0.29) is 24.1 Å². The van der Waals surface area contributed by atoms with Gasteiger partial charge in [0.2, 0.25) is 5.91 Å². The van der Waals surface area contributed by atoms with Crippen LogP contribution in [0.5, 0.6) is 5.75 Å². The Morgan fingerprint density at radius 1 is 1.56 bits per heavy atom. The maximum atomic E-state index is 11.8. The summed E-state index contributed by atoms with van der Waals surface area (Å²) in [5, 5.41) is 15.6. The highest BCUT2D eigenvalue weighted by Gasteiger charge is 2.18. The SMILES string of the molecule is Cc1ccc(O)c(NC(=O)CC2CCNC2)c1.Cl. The molecule has 0 spiro atoms. The highest BCUT2D eigenvalue weighted by atomic mass is 35.5. The van der Waals surface area contributed by atoms with Crippen LogP contribution in [-0.4, -0.2) is 24.1 Å². The predicted octanol–water partition coefficient (Wildman–Crippen LogP) is 2.06. The number of carbonyl (C=O) groups excluding carboxylic acids is 1. The Morgan fingerprint density at radius 2 is 2.33 bits per heavy atom. The van der Waals surface area contributed by atoms with E-state index in [9.17, 15) is 9.90 Å². The van der Waals surface area contributed by atoms with Gasteiger partial charge in [-0.2, -0.15) is 0 Å². The summed E-state index contributed by atoms with van der Waals surface area (Å²) in [6.45, 7) is 3.83. The number of anilines is 1. The molecule has 0 saturated carbocycles. The van der Waals surface area contributed by atoms with Gasteiger partial charge in [0.05, 0.1) is 5.69 Å². The van der Waals surface area contributed by atoms with Gasteiger partial charge in [0.25, 0.3) is 0 Å². The second kappa shape index (κ2) is 6.61.